The van der Waals surface area contributed by atoms with Gasteiger partial charge in [-0.25, -0.2) is 0 Å². The zero-order chi connectivity index (χ0) is 49.3. The van der Waals surface area contributed by atoms with Crippen LogP contribution in [0.1, 0.15) is 284 Å². The van der Waals surface area contributed by atoms with E-state index in [0.717, 1.165) is 89.9 Å². The molecule has 0 saturated heterocycles. The summed E-state index contributed by atoms with van der Waals surface area (Å²) in [5, 5.41) is 0. The first-order valence-electron chi connectivity index (χ1n) is 28.9. The van der Waals surface area contributed by atoms with E-state index in [1.54, 1.807) is 0 Å². The molecule has 0 amide bonds. The first-order chi connectivity index (χ1) is 33.5. The molecule has 1 atom stereocenters. The van der Waals surface area contributed by atoms with E-state index >= 15 is 0 Å². The number of unbranched alkanes of at least 4 members (excludes halogenated alkanes) is 29. The Morgan fingerprint density at radius 3 is 1.00 bits per heavy atom. The number of rotatable bonds is 52. The maximum atomic E-state index is 12.8. The van der Waals surface area contributed by atoms with Gasteiger partial charge in [0.1, 0.15) is 13.2 Å². The molecular weight excluding hydrogens is 841 g/mol. The average Bonchev–Trinajstić information content (AvgIpc) is 3.34. The molecule has 6 heteroatoms. The third kappa shape index (κ3) is 53.8. The first kappa shape index (κ1) is 64.8. The van der Waals surface area contributed by atoms with Gasteiger partial charge in [-0.3, -0.25) is 14.4 Å². The highest BCUT2D eigenvalue weighted by Crippen LogP contribution is 2.16. The lowest BCUT2D eigenvalue weighted by molar-refractivity contribution is -0.166. The van der Waals surface area contributed by atoms with Crippen LogP contribution in [-0.4, -0.2) is 37.2 Å². The van der Waals surface area contributed by atoms with Gasteiger partial charge in [-0.05, 0) is 77.0 Å². The lowest BCUT2D eigenvalue weighted by Gasteiger charge is -2.18. The van der Waals surface area contributed by atoms with E-state index in [0.29, 0.717) is 19.3 Å². The summed E-state index contributed by atoms with van der Waals surface area (Å²) in [5.41, 5.74) is 0. The third-order valence-electron chi connectivity index (χ3n) is 12.5. The van der Waals surface area contributed by atoms with Crippen molar-refractivity contribution in [2.75, 3.05) is 13.2 Å². The Morgan fingerprint density at radius 2 is 0.603 bits per heavy atom. The van der Waals surface area contributed by atoms with E-state index in [-0.39, 0.29) is 37.5 Å². The number of carbonyl (C=O) groups is 3. The maximum Gasteiger partial charge on any atom is 0.306 e. The number of carbonyl (C=O) groups excluding carboxylic acids is 3. The van der Waals surface area contributed by atoms with Gasteiger partial charge in [0.25, 0.3) is 0 Å². The Morgan fingerprint density at radius 1 is 0.309 bits per heavy atom. The van der Waals surface area contributed by atoms with E-state index in [2.05, 4.69) is 87.6 Å². The van der Waals surface area contributed by atoms with Crippen LogP contribution in [0.15, 0.2) is 72.9 Å². The first-order valence-corrected chi connectivity index (χ1v) is 28.9. The Kier molecular flexibility index (Phi) is 53.8. The third-order valence-corrected chi connectivity index (χ3v) is 12.5. The van der Waals surface area contributed by atoms with Crippen molar-refractivity contribution >= 4 is 17.9 Å². The number of hydrogen-bond donors (Lipinski definition) is 0. The van der Waals surface area contributed by atoms with Crippen molar-refractivity contribution < 1.29 is 28.6 Å². The minimum absolute atomic E-state index is 0.101. The zero-order valence-corrected chi connectivity index (χ0v) is 44.9. The van der Waals surface area contributed by atoms with Crippen molar-refractivity contribution in [2.45, 2.75) is 290 Å². The molecule has 0 bridgehead atoms. The van der Waals surface area contributed by atoms with E-state index in [9.17, 15) is 14.4 Å². The van der Waals surface area contributed by atoms with Crippen molar-refractivity contribution in [3.05, 3.63) is 72.9 Å². The van der Waals surface area contributed by atoms with Crippen molar-refractivity contribution in [3.63, 3.8) is 0 Å². The topological polar surface area (TPSA) is 78.9 Å². The highest BCUT2D eigenvalue weighted by molar-refractivity contribution is 5.71. The molecule has 0 N–H and O–H groups in total. The SMILES string of the molecule is CC/C=C\C/C=C\C/C=C\C/C=C\CCC(=O)OCC(COC(=O)CCCCCCCCCCCCCCCCCCCCCCC)OC(=O)CCCCCCC/C=C\C/C=C\CCCCCC. The second-order valence-electron chi connectivity index (χ2n) is 19.2. The Balaban J connectivity index is 4.38. The fourth-order valence-electron chi connectivity index (χ4n) is 8.13. The van der Waals surface area contributed by atoms with Gasteiger partial charge in [-0.2, -0.15) is 0 Å². The normalized spacial score (nSPS) is 12.6. The maximum absolute atomic E-state index is 12.8. The minimum atomic E-state index is -0.810. The van der Waals surface area contributed by atoms with Crippen LogP contribution in [0.5, 0.6) is 0 Å². The van der Waals surface area contributed by atoms with Crippen LogP contribution in [0.25, 0.3) is 0 Å². The second-order valence-corrected chi connectivity index (χ2v) is 19.2. The summed E-state index contributed by atoms with van der Waals surface area (Å²) < 4.78 is 16.8. The summed E-state index contributed by atoms with van der Waals surface area (Å²) in [6, 6.07) is 0. The van der Waals surface area contributed by atoms with E-state index in [1.807, 2.05) is 6.08 Å². The van der Waals surface area contributed by atoms with Crippen LogP contribution in [0.2, 0.25) is 0 Å². The van der Waals surface area contributed by atoms with Crippen molar-refractivity contribution in [1.82, 2.24) is 0 Å². The summed E-state index contributed by atoms with van der Waals surface area (Å²) in [6.45, 7) is 6.46. The predicted octanol–water partition coefficient (Wildman–Crippen LogP) is 19.4. The highest BCUT2D eigenvalue weighted by atomic mass is 16.6. The molecule has 0 radical (unpaired) electrons. The van der Waals surface area contributed by atoms with Gasteiger partial charge in [0.2, 0.25) is 0 Å². The van der Waals surface area contributed by atoms with Gasteiger partial charge >= 0.3 is 17.9 Å². The molecule has 0 aliphatic heterocycles. The molecule has 0 aliphatic rings. The molecule has 0 spiro atoms. The molecule has 0 aliphatic carbocycles. The largest absolute Gasteiger partial charge is 0.462 e. The Hall–Kier alpha value is -3.15. The lowest BCUT2D eigenvalue weighted by Crippen LogP contribution is -2.30. The van der Waals surface area contributed by atoms with Gasteiger partial charge in [0.05, 0.1) is 0 Å². The van der Waals surface area contributed by atoms with Gasteiger partial charge in [0, 0.05) is 19.3 Å². The Labute approximate surface area is 421 Å². The molecule has 0 heterocycles. The standard InChI is InChI=1S/C62H108O6/c1-4-7-10-13-16-19-22-25-27-29-30-31-32-33-35-37-40-43-46-49-52-55-61(64)67-58-59(57-66-60(63)54-51-48-45-42-39-36-24-21-18-15-12-9-6-3)68-62(65)56-53-50-47-44-41-38-34-28-26-23-20-17-14-11-8-5-2/h9,12,18,20-21,23,28,34,36,39,45,48,59H,4-8,10-11,13-17,19,22,24-27,29-33,35,37-38,40-44,46-47,49-58H2,1-3H3/b12-9-,21-18-,23-20-,34-28-,39-36-,48-45-. The molecule has 0 aromatic rings. The minimum Gasteiger partial charge on any atom is -0.462 e. The van der Waals surface area contributed by atoms with E-state index < -0.39 is 6.10 Å². The summed E-state index contributed by atoms with van der Waals surface area (Å²) >= 11 is 0. The van der Waals surface area contributed by atoms with Crippen molar-refractivity contribution in [3.8, 4) is 0 Å². The van der Waals surface area contributed by atoms with Crippen molar-refractivity contribution in [1.29, 1.82) is 0 Å². The molecule has 0 aromatic heterocycles. The Bertz CT molecular complexity index is 1270. The summed E-state index contributed by atoms with van der Waals surface area (Å²) in [6.07, 6.45) is 72.0. The fourth-order valence-corrected chi connectivity index (χ4v) is 8.13. The average molecular weight is 950 g/mol. The molecular formula is C62H108O6. The van der Waals surface area contributed by atoms with Crippen LogP contribution >= 0.6 is 0 Å². The number of hydrogen-bond acceptors (Lipinski definition) is 6. The van der Waals surface area contributed by atoms with E-state index in [1.165, 1.54) is 148 Å². The quantitative estimate of drug-likeness (QED) is 0.0262. The van der Waals surface area contributed by atoms with E-state index in [4.69, 9.17) is 14.2 Å². The summed E-state index contributed by atoms with van der Waals surface area (Å²) in [5.74, 6) is -0.991. The predicted molar refractivity (Wildman–Crippen MR) is 293 cm³/mol. The molecule has 0 saturated carbocycles. The molecule has 392 valence electrons. The van der Waals surface area contributed by atoms with Crippen LogP contribution in [0.4, 0.5) is 0 Å². The summed E-state index contributed by atoms with van der Waals surface area (Å²) in [4.78, 5) is 38.1. The van der Waals surface area contributed by atoms with Gasteiger partial charge in [0.15, 0.2) is 6.10 Å². The van der Waals surface area contributed by atoms with Crippen LogP contribution in [0.3, 0.4) is 0 Å². The molecule has 0 aromatic carbocycles. The highest BCUT2D eigenvalue weighted by Gasteiger charge is 2.19. The summed E-state index contributed by atoms with van der Waals surface area (Å²) in [7, 11) is 0. The van der Waals surface area contributed by atoms with Crippen molar-refractivity contribution in [2.24, 2.45) is 0 Å². The number of ether oxygens (including phenoxy) is 3. The second kappa shape index (κ2) is 56.4. The monoisotopic (exact) mass is 949 g/mol. The molecule has 6 nitrogen and oxygen atoms in total. The van der Waals surface area contributed by atoms with Crippen LogP contribution < -0.4 is 0 Å². The van der Waals surface area contributed by atoms with Crippen LogP contribution in [0, 0.1) is 0 Å². The fraction of sp³-hybridized carbons (Fsp3) is 0.758. The lowest BCUT2D eigenvalue weighted by atomic mass is 10.0. The molecule has 0 rings (SSSR count). The van der Waals surface area contributed by atoms with Gasteiger partial charge in [-0.1, -0.05) is 261 Å². The molecule has 68 heavy (non-hydrogen) atoms. The number of allylic oxidation sites excluding steroid dienone is 12. The van der Waals surface area contributed by atoms with Gasteiger partial charge in [-0.15, -0.1) is 0 Å². The molecule has 0 fully saturated rings. The van der Waals surface area contributed by atoms with Gasteiger partial charge < -0.3 is 14.2 Å². The smallest absolute Gasteiger partial charge is 0.306 e. The molecule has 1 unspecified atom stereocenters. The number of esters is 3. The zero-order valence-electron chi connectivity index (χ0n) is 44.9. The van der Waals surface area contributed by atoms with Crippen LogP contribution in [-0.2, 0) is 28.6 Å².